The number of nitrogens with two attached hydrogens (primary N) is 1. The van der Waals surface area contributed by atoms with Gasteiger partial charge in [-0.3, -0.25) is 0 Å². The maximum Gasteiger partial charge on any atom is 0.240 e. The van der Waals surface area contributed by atoms with E-state index in [-0.39, 0.29) is 4.90 Å². The molecule has 0 spiro atoms. The summed E-state index contributed by atoms with van der Waals surface area (Å²) in [5.74, 6) is 0.440. The lowest BCUT2D eigenvalue weighted by molar-refractivity contribution is 0.357. The molecule has 0 unspecified atom stereocenters. The van der Waals surface area contributed by atoms with Crippen molar-refractivity contribution in [3.8, 4) is 0 Å². The van der Waals surface area contributed by atoms with E-state index in [0.717, 1.165) is 12.8 Å². The van der Waals surface area contributed by atoms with E-state index in [1.54, 1.807) is 13.0 Å². The zero-order chi connectivity index (χ0) is 14.8. The lowest BCUT2D eigenvalue weighted by atomic mass is 9.90. The highest BCUT2D eigenvalue weighted by Gasteiger charge is 2.21. The molecule has 0 heterocycles. The first-order chi connectivity index (χ1) is 9.40. The number of benzene rings is 1. The molecule has 0 amide bonds. The van der Waals surface area contributed by atoms with Gasteiger partial charge in [0.25, 0.3) is 0 Å². The van der Waals surface area contributed by atoms with Crippen LogP contribution >= 0.6 is 11.6 Å². The van der Waals surface area contributed by atoms with Crippen LogP contribution in [0.4, 0.5) is 5.69 Å². The molecule has 0 atom stereocenters. The molecule has 1 saturated carbocycles. The van der Waals surface area contributed by atoms with Crippen LogP contribution in [0.25, 0.3) is 0 Å². The average molecular weight is 317 g/mol. The Labute approximate surface area is 125 Å². The summed E-state index contributed by atoms with van der Waals surface area (Å²) in [6, 6.07) is 3.02. The maximum absolute atomic E-state index is 12.4. The second-order valence-electron chi connectivity index (χ2n) is 5.47. The van der Waals surface area contributed by atoms with Crippen molar-refractivity contribution in [1.29, 1.82) is 0 Å². The maximum atomic E-state index is 12.4. The molecule has 0 aliphatic heterocycles. The van der Waals surface area contributed by atoms with Gasteiger partial charge in [-0.05, 0) is 43.4 Å². The van der Waals surface area contributed by atoms with Crippen LogP contribution in [0.5, 0.6) is 0 Å². The van der Waals surface area contributed by atoms with Crippen molar-refractivity contribution in [2.24, 2.45) is 5.92 Å². The van der Waals surface area contributed by atoms with Crippen LogP contribution < -0.4 is 10.5 Å². The van der Waals surface area contributed by atoms with Crippen LogP contribution in [0.2, 0.25) is 5.02 Å². The number of nitrogens with one attached hydrogen (secondary N) is 1. The molecule has 0 saturated heterocycles. The summed E-state index contributed by atoms with van der Waals surface area (Å²) in [7, 11) is -3.55. The number of anilines is 1. The molecule has 1 aliphatic carbocycles. The molecule has 1 aliphatic rings. The second kappa shape index (κ2) is 6.33. The van der Waals surface area contributed by atoms with E-state index < -0.39 is 10.0 Å². The lowest BCUT2D eigenvalue weighted by Gasteiger charge is -2.22. The van der Waals surface area contributed by atoms with Gasteiger partial charge in [0.2, 0.25) is 10.0 Å². The highest BCUT2D eigenvalue weighted by Crippen LogP contribution is 2.27. The monoisotopic (exact) mass is 316 g/mol. The fourth-order valence-electron chi connectivity index (χ4n) is 2.65. The summed E-state index contributed by atoms with van der Waals surface area (Å²) in [4.78, 5) is 0.179. The standard InChI is InChI=1S/C14H21ClN2O2S/c1-10-13(16)7-12(15)8-14(10)20(18,19)17-9-11-5-3-2-4-6-11/h7-8,11,17H,2-6,9,16H2,1H3. The molecule has 0 radical (unpaired) electrons. The molecule has 112 valence electrons. The molecule has 1 aromatic rings. The van der Waals surface area contributed by atoms with Gasteiger partial charge < -0.3 is 5.73 Å². The zero-order valence-corrected chi connectivity index (χ0v) is 13.2. The summed E-state index contributed by atoms with van der Waals surface area (Å²) in [6.45, 7) is 2.19. The minimum atomic E-state index is -3.55. The number of hydrogen-bond donors (Lipinski definition) is 2. The molecule has 4 nitrogen and oxygen atoms in total. The van der Waals surface area contributed by atoms with Gasteiger partial charge in [-0.25, -0.2) is 13.1 Å². The van der Waals surface area contributed by atoms with Gasteiger partial charge in [0.1, 0.15) is 0 Å². The number of sulfonamides is 1. The Morgan fingerprint density at radius 1 is 1.30 bits per heavy atom. The summed E-state index contributed by atoms with van der Waals surface area (Å²) in [6.07, 6.45) is 5.83. The van der Waals surface area contributed by atoms with E-state index in [1.165, 1.54) is 25.3 Å². The Morgan fingerprint density at radius 2 is 1.95 bits per heavy atom. The fraction of sp³-hybridized carbons (Fsp3) is 0.571. The fourth-order valence-corrected chi connectivity index (χ4v) is 4.35. The van der Waals surface area contributed by atoms with Crippen molar-refractivity contribution in [2.75, 3.05) is 12.3 Å². The number of rotatable bonds is 4. The van der Waals surface area contributed by atoms with Crippen LogP contribution in [0, 0.1) is 12.8 Å². The highest BCUT2D eigenvalue weighted by atomic mass is 35.5. The van der Waals surface area contributed by atoms with Crippen molar-refractivity contribution < 1.29 is 8.42 Å². The van der Waals surface area contributed by atoms with E-state index in [9.17, 15) is 8.42 Å². The Balaban J connectivity index is 2.14. The topological polar surface area (TPSA) is 72.2 Å². The van der Waals surface area contributed by atoms with Gasteiger partial charge in [0.05, 0.1) is 4.90 Å². The minimum absolute atomic E-state index is 0.179. The first kappa shape index (κ1) is 15.6. The molecule has 3 N–H and O–H groups in total. The van der Waals surface area contributed by atoms with Crippen LogP contribution in [0.15, 0.2) is 17.0 Å². The van der Waals surface area contributed by atoms with Crippen molar-refractivity contribution >= 4 is 27.3 Å². The van der Waals surface area contributed by atoms with Gasteiger partial charge in [-0.2, -0.15) is 0 Å². The summed E-state index contributed by atoms with van der Waals surface area (Å²) >= 11 is 5.90. The van der Waals surface area contributed by atoms with Gasteiger partial charge in [-0.1, -0.05) is 30.9 Å². The van der Waals surface area contributed by atoms with Crippen LogP contribution in [-0.2, 0) is 10.0 Å². The van der Waals surface area contributed by atoms with E-state index >= 15 is 0 Å². The Bertz CT molecular complexity index is 581. The molecule has 1 aromatic carbocycles. The first-order valence-electron chi connectivity index (χ1n) is 6.95. The van der Waals surface area contributed by atoms with Crippen molar-refractivity contribution in [2.45, 2.75) is 43.9 Å². The van der Waals surface area contributed by atoms with Crippen molar-refractivity contribution in [1.82, 2.24) is 4.72 Å². The predicted molar refractivity (Wildman–Crippen MR) is 82.4 cm³/mol. The predicted octanol–water partition coefficient (Wildman–Crippen LogP) is 3.09. The minimum Gasteiger partial charge on any atom is -0.398 e. The molecule has 20 heavy (non-hydrogen) atoms. The van der Waals surface area contributed by atoms with Gasteiger partial charge in [0.15, 0.2) is 0 Å². The molecular formula is C14H21ClN2O2S. The third kappa shape index (κ3) is 3.65. The normalized spacial score (nSPS) is 17.3. The van der Waals surface area contributed by atoms with E-state index in [1.807, 2.05) is 0 Å². The molecule has 0 bridgehead atoms. The second-order valence-corrected chi connectivity index (χ2v) is 7.65. The Morgan fingerprint density at radius 3 is 2.60 bits per heavy atom. The SMILES string of the molecule is Cc1c(N)cc(Cl)cc1S(=O)(=O)NCC1CCCCC1. The summed E-state index contributed by atoms with van der Waals surface area (Å²) < 4.78 is 27.4. The van der Waals surface area contributed by atoms with Crippen LogP contribution in [0.3, 0.4) is 0 Å². The van der Waals surface area contributed by atoms with Gasteiger partial charge in [0, 0.05) is 17.3 Å². The van der Waals surface area contributed by atoms with E-state index in [0.29, 0.717) is 28.7 Å². The summed E-state index contributed by atoms with van der Waals surface area (Å²) in [5, 5.41) is 0.339. The largest absolute Gasteiger partial charge is 0.398 e. The molecular weight excluding hydrogens is 296 g/mol. The number of nitrogen functional groups attached to an aromatic ring is 1. The first-order valence-corrected chi connectivity index (χ1v) is 8.81. The lowest BCUT2D eigenvalue weighted by Crippen LogP contribution is -2.30. The van der Waals surface area contributed by atoms with Crippen molar-refractivity contribution in [3.05, 3.63) is 22.7 Å². The number of hydrogen-bond acceptors (Lipinski definition) is 3. The molecule has 0 aromatic heterocycles. The summed E-state index contributed by atoms with van der Waals surface area (Å²) in [5.41, 5.74) is 6.73. The smallest absolute Gasteiger partial charge is 0.240 e. The zero-order valence-electron chi connectivity index (χ0n) is 11.7. The molecule has 1 fully saturated rings. The molecule has 2 rings (SSSR count). The Kier molecular flexibility index (Phi) is 4.94. The Hall–Kier alpha value is -0.780. The van der Waals surface area contributed by atoms with Gasteiger partial charge >= 0.3 is 0 Å². The van der Waals surface area contributed by atoms with Crippen LogP contribution in [-0.4, -0.2) is 15.0 Å². The third-order valence-electron chi connectivity index (χ3n) is 3.94. The van der Waals surface area contributed by atoms with E-state index in [4.69, 9.17) is 17.3 Å². The molecule has 6 heteroatoms. The number of halogens is 1. The highest BCUT2D eigenvalue weighted by molar-refractivity contribution is 7.89. The van der Waals surface area contributed by atoms with Gasteiger partial charge in [-0.15, -0.1) is 0 Å². The average Bonchev–Trinajstić information content (AvgIpc) is 2.42. The quantitative estimate of drug-likeness (QED) is 0.838. The van der Waals surface area contributed by atoms with Crippen LogP contribution in [0.1, 0.15) is 37.7 Å². The van der Waals surface area contributed by atoms with Crippen molar-refractivity contribution in [3.63, 3.8) is 0 Å². The van der Waals surface area contributed by atoms with E-state index in [2.05, 4.69) is 4.72 Å². The third-order valence-corrected chi connectivity index (χ3v) is 5.71.